The first-order chi connectivity index (χ1) is 13.4. The van der Waals surface area contributed by atoms with Gasteiger partial charge in [-0.25, -0.2) is 12.7 Å². The maximum Gasteiger partial charge on any atom is 0.231 e. The number of rotatable bonds is 6. The van der Waals surface area contributed by atoms with E-state index in [4.69, 9.17) is 0 Å². The second-order valence-electron chi connectivity index (χ2n) is 7.10. The highest BCUT2D eigenvalue weighted by Gasteiger charge is 2.44. The summed E-state index contributed by atoms with van der Waals surface area (Å²) in [5, 5.41) is 12.4. The molecule has 0 radical (unpaired) electrons. The van der Waals surface area contributed by atoms with E-state index in [9.17, 15) is 18.3 Å². The predicted molar refractivity (Wildman–Crippen MR) is 108 cm³/mol. The Morgan fingerprint density at radius 1 is 1.07 bits per heavy atom. The van der Waals surface area contributed by atoms with Crippen LogP contribution in [0.5, 0.6) is 5.75 Å². The lowest BCUT2D eigenvalue weighted by Gasteiger charge is -2.40. The largest absolute Gasteiger partial charge is 0.508 e. The van der Waals surface area contributed by atoms with Crippen LogP contribution >= 0.6 is 0 Å². The highest BCUT2D eigenvalue weighted by Crippen LogP contribution is 2.36. The van der Waals surface area contributed by atoms with Crippen molar-refractivity contribution in [3.63, 3.8) is 0 Å². The molecule has 0 atom stereocenters. The van der Waals surface area contributed by atoms with E-state index >= 15 is 0 Å². The van der Waals surface area contributed by atoms with E-state index in [0.717, 1.165) is 11.1 Å². The average molecular weight is 403 g/mol. The number of carbonyl (C=O) groups is 1. The molecular weight excluding hydrogens is 376 g/mol. The highest BCUT2D eigenvalue weighted by molar-refractivity contribution is 7.89. The van der Waals surface area contributed by atoms with Crippen LogP contribution in [-0.4, -0.2) is 42.6 Å². The molecule has 0 aliphatic carbocycles. The molecule has 28 heavy (non-hydrogen) atoms. The fourth-order valence-electron chi connectivity index (χ4n) is 3.70. The number of piperidine rings is 1. The summed E-state index contributed by atoms with van der Waals surface area (Å²) in [5.74, 6) is 0.152. The molecule has 7 heteroatoms. The van der Waals surface area contributed by atoms with Gasteiger partial charge in [-0.05, 0) is 43.0 Å². The fourth-order valence-corrected chi connectivity index (χ4v) is 4.80. The van der Waals surface area contributed by atoms with E-state index in [-0.39, 0.29) is 17.4 Å². The number of benzene rings is 2. The summed E-state index contributed by atoms with van der Waals surface area (Å²) in [6.07, 6.45) is 0.884. The topological polar surface area (TPSA) is 86.7 Å². The first-order valence-electron chi connectivity index (χ1n) is 9.47. The highest BCUT2D eigenvalue weighted by atomic mass is 32.2. The molecule has 6 nitrogen and oxygen atoms in total. The van der Waals surface area contributed by atoms with Crippen molar-refractivity contribution in [1.29, 1.82) is 0 Å². The van der Waals surface area contributed by atoms with Crippen LogP contribution in [0.4, 0.5) is 0 Å². The van der Waals surface area contributed by atoms with Gasteiger partial charge in [0.15, 0.2) is 0 Å². The van der Waals surface area contributed by atoms with Gasteiger partial charge >= 0.3 is 0 Å². The molecule has 3 rings (SSSR count). The second kappa shape index (κ2) is 8.32. The Bertz CT molecular complexity index is 903. The van der Waals surface area contributed by atoms with E-state index < -0.39 is 15.4 Å². The van der Waals surface area contributed by atoms with Gasteiger partial charge < -0.3 is 10.4 Å². The molecule has 1 aliphatic rings. The van der Waals surface area contributed by atoms with Crippen molar-refractivity contribution < 1.29 is 18.3 Å². The van der Waals surface area contributed by atoms with E-state index in [1.165, 1.54) is 4.31 Å². The normalized spacial score (nSPS) is 17.2. The summed E-state index contributed by atoms with van der Waals surface area (Å²) in [7, 11) is -3.26. The number of phenols is 1. The van der Waals surface area contributed by atoms with Gasteiger partial charge in [-0.3, -0.25) is 4.79 Å². The van der Waals surface area contributed by atoms with Gasteiger partial charge in [0.1, 0.15) is 5.75 Å². The number of carbonyl (C=O) groups excluding carboxylic acids is 1. The molecule has 0 saturated carbocycles. The molecule has 2 N–H and O–H groups in total. The van der Waals surface area contributed by atoms with Gasteiger partial charge in [-0.15, -0.1) is 0 Å². The zero-order valence-corrected chi connectivity index (χ0v) is 16.8. The maximum absolute atomic E-state index is 13.3. The maximum atomic E-state index is 13.3. The third-order valence-corrected chi connectivity index (χ3v) is 7.37. The molecule has 2 aromatic carbocycles. The van der Waals surface area contributed by atoms with Crippen molar-refractivity contribution in [3.05, 3.63) is 65.7 Å². The Morgan fingerprint density at radius 2 is 1.68 bits per heavy atom. The van der Waals surface area contributed by atoms with Crippen LogP contribution in [0.2, 0.25) is 0 Å². The fraction of sp³-hybridized carbons (Fsp3) is 0.381. The van der Waals surface area contributed by atoms with Gasteiger partial charge in [0, 0.05) is 19.6 Å². The van der Waals surface area contributed by atoms with Crippen LogP contribution in [0.15, 0.2) is 54.6 Å². The van der Waals surface area contributed by atoms with Crippen molar-refractivity contribution in [3.8, 4) is 5.75 Å². The van der Waals surface area contributed by atoms with Crippen molar-refractivity contribution in [1.82, 2.24) is 9.62 Å². The van der Waals surface area contributed by atoms with Gasteiger partial charge in [0.2, 0.25) is 15.9 Å². The predicted octanol–water partition coefficient (Wildman–Crippen LogP) is 2.39. The van der Waals surface area contributed by atoms with Crippen molar-refractivity contribution in [2.75, 3.05) is 18.8 Å². The number of aromatic hydroxyl groups is 1. The Balaban J connectivity index is 1.80. The van der Waals surface area contributed by atoms with Gasteiger partial charge in [0.05, 0.1) is 11.2 Å². The molecule has 0 bridgehead atoms. The van der Waals surface area contributed by atoms with Gasteiger partial charge in [-0.1, -0.05) is 42.5 Å². The number of amides is 1. The van der Waals surface area contributed by atoms with Crippen LogP contribution in [0.3, 0.4) is 0 Å². The number of nitrogens with one attached hydrogen (secondary N) is 1. The van der Waals surface area contributed by atoms with Crippen LogP contribution in [0, 0.1) is 0 Å². The minimum Gasteiger partial charge on any atom is -0.508 e. The summed E-state index contributed by atoms with van der Waals surface area (Å²) in [6.45, 7) is 2.65. The lowest BCUT2D eigenvalue weighted by Crippen LogP contribution is -2.52. The van der Waals surface area contributed by atoms with Crippen LogP contribution < -0.4 is 5.32 Å². The Hall–Kier alpha value is -2.38. The number of hydrogen-bond donors (Lipinski definition) is 2. The van der Waals surface area contributed by atoms with Crippen LogP contribution in [0.25, 0.3) is 0 Å². The summed E-state index contributed by atoms with van der Waals surface area (Å²) >= 11 is 0. The second-order valence-corrected chi connectivity index (χ2v) is 9.35. The minimum absolute atomic E-state index is 0.0678. The van der Waals surface area contributed by atoms with Gasteiger partial charge in [0.25, 0.3) is 0 Å². The van der Waals surface area contributed by atoms with Crippen molar-refractivity contribution in [2.24, 2.45) is 0 Å². The standard InChI is InChI=1S/C21H26N2O4S/c1-2-28(26,27)23-14-12-21(13-15-23,18-6-4-3-5-7-18)20(25)22-16-17-8-10-19(24)11-9-17/h3-11,24H,2,12-16H2,1H3,(H,22,25). The van der Waals surface area contributed by atoms with E-state index in [0.29, 0.717) is 32.5 Å². The van der Waals surface area contributed by atoms with E-state index in [2.05, 4.69) is 5.32 Å². The first-order valence-corrected chi connectivity index (χ1v) is 11.1. The molecule has 1 saturated heterocycles. The van der Waals surface area contributed by atoms with E-state index in [1.54, 1.807) is 31.2 Å². The monoisotopic (exact) mass is 402 g/mol. The number of hydrogen-bond acceptors (Lipinski definition) is 4. The van der Waals surface area contributed by atoms with Crippen molar-refractivity contribution >= 4 is 15.9 Å². The molecule has 0 aromatic heterocycles. The molecule has 1 amide bonds. The third kappa shape index (κ3) is 4.20. The summed E-state index contributed by atoms with van der Waals surface area (Å²) in [5.41, 5.74) is 1.05. The molecule has 1 heterocycles. The van der Waals surface area contributed by atoms with Crippen molar-refractivity contribution in [2.45, 2.75) is 31.7 Å². The Morgan fingerprint density at radius 3 is 2.25 bits per heavy atom. The lowest BCUT2D eigenvalue weighted by molar-refractivity contribution is -0.128. The zero-order valence-electron chi connectivity index (χ0n) is 16.0. The first kappa shape index (κ1) is 20.4. The average Bonchev–Trinajstić information content (AvgIpc) is 2.73. The Kier molecular flexibility index (Phi) is 6.05. The summed E-state index contributed by atoms with van der Waals surface area (Å²) in [4.78, 5) is 13.3. The SMILES string of the molecule is CCS(=O)(=O)N1CCC(C(=O)NCc2ccc(O)cc2)(c2ccccc2)CC1. The smallest absolute Gasteiger partial charge is 0.231 e. The lowest BCUT2D eigenvalue weighted by atomic mass is 9.72. The molecular formula is C21H26N2O4S. The Labute approximate surface area is 166 Å². The molecule has 1 fully saturated rings. The zero-order chi connectivity index (χ0) is 20.2. The number of sulfonamides is 1. The van der Waals surface area contributed by atoms with Crippen LogP contribution in [0.1, 0.15) is 30.9 Å². The molecule has 150 valence electrons. The molecule has 0 unspecified atom stereocenters. The minimum atomic E-state index is -3.26. The summed E-state index contributed by atoms with van der Waals surface area (Å²) < 4.78 is 25.9. The number of phenolic OH excluding ortho intramolecular Hbond substituents is 1. The van der Waals surface area contributed by atoms with E-state index in [1.807, 2.05) is 30.3 Å². The molecule has 0 spiro atoms. The van der Waals surface area contributed by atoms with Crippen LogP contribution in [-0.2, 0) is 26.8 Å². The quantitative estimate of drug-likeness (QED) is 0.777. The third-order valence-electron chi connectivity index (χ3n) is 5.48. The molecule has 1 aliphatic heterocycles. The molecule has 2 aromatic rings. The van der Waals surface area contributed by atoms with Gasteiger partial charge in [-0.2, -0.15) is 0 Å². The number of nitrogens with zero attached hydrogens (tertiary/aromatic N) is 1. The summed E-state index contributed by atoms with van der Waals surface area (Å²) in [6, 6.07) is 16.3.